The van der Waals surface area contributed by atoms with Crippen LogP contribution in [-0.4, -0.2) is 16.5 Å². The molecule has 0 radical (unpaired) electrons. The van der Waals surface area contributed by atoms with Crippen molar-refractivity contribution >= 4 is 33.4 Å². The summed E-state index contributed by atoms with van der Waals surface area (Å²) in [5.41, 5.74) is 2.01. The quantitative estimate of drug-likeness (QED) is 0.870. The number of nitrogens with zero attached hydrogens (tertiary/aromatic N) is 2. The third kappa shape index (κ3) is 3.92. The number of aryl methyl sites for hydroxylation is 1. The van der Waals surface area contributed by atoms with E-state index < -0.39 is 0 Å². The van der Waals surface area contributed by atoms with Crippen LogP contribution in [0.3, 0.4) is 0 Å². The molecule has 5 heteroatoms. The Morgan fingerprint density at radius 3 is 2.89 bits per heavy atom. The molecule has 1 aromatic carbocycles. The van der Waals surface area contributed by atoms with Gasteiger partial charge in [0.15, 0.2) is 0 Å². The van der Waals surface area contributed by atoms with E-state index >= 15 is 0 Å². The van der Waals surface area contributed by atoms with Crippen molar-refractivity contribution < 1.29 is 0 Å². The lowest BCUT2D eigenvalue weighted by molar-refractivity contribution is 0.950. The number of hydrogen-bond donors (Lipinski definition) is 2. The first-order valence-electron chi connectivity index (χ1n) is 6.29. The summed E-state index contributed by atoms with van der Waals surface area (Å²) in [4.78, 5) is 8.75. The van der Waals surface area contributed by atoms with Crippen LogP contribution in [0.4, 0.5) is 17.5 Å². The van der Waals surface area contributed by atoms with Gasteiger partial charge in [-0.2, -0.15) is 4.98 Å². The number of benzene rings is 1. The fourth-order valence-corrected chi connectivity index (χ4v) is 1.99. The van der Waals surface area contributed by atoms with Crippen LogP contribution in [0.2, 0.25) is 0 Å². The Labute approximate surface area is 121 Å². The molecule has 2 rings (SSSR count). The van der Waals surface area contributed by atoms with E-state index in [-0.39, 0.29) is 0 Å². The van der Waals surface area contributed by atoms with Gasteiger partial charge < -0.3 is 10.6 Å². The summed E-state index contributed by atoms with van der Waals surface area (Å²) in [5.74, 6) is 1.48. The number of rotatable bonds is 5. The van der Waals surface area contributed by atoms with Crippen molar-refractivity contribution in [3.63, 3.8) is 0 Å². The van der Waals surface area contributed by atoms with Gasteiger partial charge in [-0.3, -0.25) is 0 Å². The van der Waals surface area contributed by atoms with Crippen LogP contribution >= 0.6 is 15.9 Å². The molecule has 0 aliphatic rings. The van der Waals surface area contributed by atoms with Gasteiger partial charge in [0.2, 0.25) is 5.95 Å². The third-order valence-electron chi connectivity index (χ3n) is 2.59. The molecule has 100 valence electrons. The van der Waals surface area contributed by atoms with Crippen molar-refractivity contribution in [3.05, 3.63) is 40.5 Å². The Balaban J connectivity index is 2.19. The Morgan fingerprint density at radius 1 is 1.32 bits per heavy atom. The van der Waals surface area contributed by atoms with Crippen molar-refractivity contribution in [2.75, 3.05) is 17.2 Å². The van der Waals surface area contributed by atoms with Gasteiger partial charge in [-0.1, -0.05) is 28.9 Å². The highest BCUT2D eigenvalue weighted by atomic mass is 79.9. The lowest BCUT2D eigenvalue weighted by atomic mass is 10.3. The summed E-state index contributed by atoms with van der Waals surface area (Å²) >= 11 is 3.46. The average molecular weight is 321 g/mol. The monoisotopic (exact) mass is 320 g/mol. The van der Waals surface area contributed by atoms with E-state index in [2.05, 4.69) is 43.5 Å². The second kappa shape index (κ2) is 6.52. The molecule has 1 heterocycles. The number of anilines is 3. The Morgan fingerprint density at radius 2 is 2.16 bits per heavy atom. The second-order valence-electron chi connectivity index (χ2n) is 4.29. The molecule has 0 spiro atoms. The van der Waals surface area contributed by atoms with Crippen LogP contribution in [0.1, 0.15) is 18.9 Å². The SMILES string of the molecule is CCCNc1ncc(C)c(Nc2cccc(Br)c2)n1. The molecule has 0 atom stereocenters. The first kappa shape index (κ1) is 13.8. The lowest BCUT2D eigenvalue weighted by Gasteiger charge is -2.10. The van der Waals surface area contributed by atoms with E-state index in [4.69, 9.17) is 0 Å². The molecule has 0 bridgehead atoms. The van der Waals surface area contributed by atoms with Crippen LogP contribution in [0.5, 0.6) is 0 Å². The Hall–Kier alpha value is -1.62. The first-order chi connectivity index (χ1) is 9.19. The topological polar surface area (TPSA) is 49.8 Å². The van der Waals surface area contributed by atoms with Gasteiger partial charge in [0.25, 0.3) is 0 Å². The second-order valence-corrected chi connectivity index (χ2v) is 5.20. The van der Waals surface area contributed by atoms with Gasteiger partial charge in [-0.25, -0.2) is 4.98 Å². The predicted octanol–water partition coefficient (Wildman–Crippen LogP) is 4.11. The fourth-order valence-electron chi connectivity index (χ4n) is 1.59. The summed E-state index contributed by atoms with van der Waals surface area (Å²) in [6.07, 6.45) is 2.87. The molecular formula is C14H17BrN4. The molecular weight excluding hydrogens is 304 g/mol. The molecule has 0 saturated heterocycles. The van der Waals surface area contributed by atoms with Crippen molar-refractivity contribution in [1.82, 2.24) is 9.97 Å². The lowest BCUT2D eigenvalue weighted by Crippen LogP contribution is -2.06. The maximum Gasteiger partial charge on any atom is 0.224 e. The van der Waals surface area contributed by atoms with E-state index in [1.54, 1.807) is 0 Å². The van der Waals surface area contributed by atoms with Crippen molar-refractivity contribution in [2.45, 2.75) is 20.3 Å². The number of hydrogen-bond acceptors (Lipinski definition) is 4. The molecule has 0 fully saturated rings. The highest BCUT2D eigenvalue weighted by Crippen LogP contribution is 2.21. The van der Waals surface area contributed by atoms with Crippen molar-refractivity contribution in [2.24, 2.45) is 0 Å². The predicted molar refractivity (Wildman–Crippen MR) is 83.0 cm³/mol. The molecule has 1 aromatic heterocycles. The molecule has 2 N–H and O–H groups in total. The van der Waals surface area contributed by atoms with Crippen molar-refractivity contribution in [3.8, 4) is 0 Å². The zero-order chi connectivity index (χ0) is 13.7. The summed E-state index contributed by atoms with van der Waals surface area (Å²) < 4.78 is 1.04. The molecule has 0 amide bonds. The first-order valence-corrected chi connectivity index (χ1v) is 7.08. The average Bonchev–Trinajstić information content (AvgIpc) is 2.40. The summed E-state index contributed by atoms with van der Waals surface area (Å²) in [5, 5.41) is 6.50. The minimum atomic E-state index is 0.657. The van der Waals surface area contributed by atoms with Crippen LogP contribution in [0.25, 0.3) is 0 Å². The van der Waals surface area contributed by atoms with Crippen LogP contribution in [0, 0.1) is 6.92 Å². The largest absolute Gasteiger partial charge is 0.354 e. The molecule has 2 aromatic rings. The number of halogens is 1. The fraction of sp³-hybridized carbons (Fsp3) is 0.286. The standard InChI is InChI=1S/C14H17BrN4/c1-3-7-16-14-17-9-10(2)13(19-14)18-12-6-4-5-11(15)8-12/h4-6,8-9H,3,7H2,1-2H3,(H2,16,17,18,19). The van der Waals surface area contributed by atoms with Gasteiger partial charge in [0, 0.05) is 28.5 Å². The smallest absolute Gasteiger partial charge is 0.224 e. The number of aromatic nitrogens is 2. The van der Waals surface area contributed by atoms with E-state index in [0.29, 0.717) is 5.95 Å². The van der Waals surface area contributed by atoms with Gasteiger partial charge in [0.05, 0.1) is 0 Å². The summed E-state index contributed by atoms with van der Waals surface area (Å²) in [6, 6.07) is 8.00. The Kier molecular flexibility index (Phi) is 4.74. The zero-order valence-corrected chi connectivity index (χ0v) is 12.7. The van der Waals surface area contributed by atoms with Gasteiger partial charge >= 0.3 is 0 Å². The van der Waals surface area contributed by atoms with E-state index in [1.165, 1.54) is 0 Å². The van der Waals surface area contributed by atoms with Gasteiger partial charge in [0.1, 0.15) is 5.82 Å². The third-order valence-corrected chi connectivity index (χ3v) is 3.09. The molecule has 4 nitrogen and oxygen atoms in total. The highest BCUT2D eigenvalue weighted by molar-refractivity contribution is 9.10. The molecule has 19 heavy (non-hydrogen) atoms. The maximum atomic E-state index is 4.49. The Bertz CT molecular complexity index is 557. The maximum absolute atomic E-state index is 4.49. The van der Waals surface area contributed by atoms with E-state index in [0.717, 1.165) is 34.5 Å². The molecule has 0 aliphatic heterocycles. The summed E-state index contributed by atoms with van der Waals surface area (Å²) in [6.45, 7) is 4.98. The minimum Gasteiger partial charge on any atom is -0.354 e. The number of nitrogens with one attached hydrogen (secondary N) is 2. The van der Waals surface area contributed by atoms with E-state index in [9.17, 15) is 0 Å². The molecule has 0 aliphatic carbocycles. The zero-order valence-electron chi connectivity index (χ0n) is 11.1. The molecule has 0 saturated carbocycles. The summed E-state index contributed by atoms with van der Waals surface area (Å²) in [7, 11) is 0. The van der Waals surface area contributed by atoms with Gasteiger partial charge in [-0.05, 0) is 31.5 Å². The van der Waals surface area contributed by atoms with Crippen molar-refractivity contribution in [1.29, 1.82) is 0 Å². The normalized spacial score (nSPS) is 10.3. The van der Waals surface area contributed by atoms with Crippen LogP contribution in [0.15, 0.2) is 34.9 Å². The molecule has 0 unspecified atom stereocenters. The van der Waals surface area contributed by atoms with E-state index in [1.807, 2.05) is 37.4 Å². The van der Waals surface area contributed by atoms with Crippen LogP contribution < -0.4 is 10.6 Å². The highest BCUT2D eigenvalue weighted by Gasteiger charge is 2.04. The minimum absolute atomic E-state index is 0.657. The van der Waals surface area contributed by atoms with Gasteiger partial charge in [-0.15, -0.1) is 0 Å². The van der Waals surface area contributed by atoms with Crippen LogP contribution in [-0.2, 0) is 0 Å².